The largest absolute Gasteiger partial charge is 0.396 e. The van der Waals surface area contributed by atoms with E-state index in [4.69, 9.17) is 5.11 Å². The molecule has 0 amide bonds. The highest BCUT2D eigenvalue weighted by atomic mass is 19.1. The van der Waals surface area contributed by atoms with Gasteiger partial charge in [-0.3, -0.25) is 0 Å². The molecule has 0 fully saturated rings. The van der Waals surface area contributed by atoms with Gasteiger partial charge >= 0.3 is 0 Å². The fourth-order valence-corrected chi connectivity index (χ4v) is 2.04. The van der Waals surface area contributed by atoms with Gasteiger partial charge in [0.2, 0.25) is 0 Å². The number of aryl methyl sites for hydroxylation is 2. The number of hydrogen-bond acceptors (Lipinski definition) is 2. The monoisotopic (exact) mass is 253 g/mol. The van der Waals surface area contributed by atoms with Crippen LogP contribution in [0, 0.1) is 25.6 Å². The van der Waals surface area contributed by atoms with Crippen LogP contribution >= 0.6 is 0 Å². The third-order valence-electron chi connectivity index (χ3n) is 3.61. The maximum Gasteiger partial charge on any atom is 0.129 e. The standard InChI is InChI=1S/C15H24FNO/c1-9-6-14(7-10(2)15(9)16)13(5)17-12(4)11(3)8-18/h6-7,11-13,17-18H,8H2,1-5H3. The number of rotatable bonds is 5. The quantitative estimate of drug-likeness (QED) is 0.845. The van der Waals surface area contributed by atoms with E-state index in [-0.39, 0.29) is 30.4 Å². The number of benzene rings is 1. The molecular weight excluding hydrogens is 229 g/mol. The van der Waals surface area contributed by atoms with Crippen molar-refractivity contribution in [3.05, 3.63) is 34.6 Å². The van der Waals surface area contributed by atoms with Crippen molar-refractivity contribution in [3.8, 4) is 0 Å². The SMILES string of the molecule is Cc1cc(C(C)NC(C)C(C)CO)cc(C)c1F. The van der Waals surface area contributed by atoms with E-state index in [1.165, 1.54) is 0 Å². The van der Waals surface area contributed by atoms with E-state index >= 15 is 0 Å². The lowest BCUT2D eigenvalue weighted by Gasteiger charge is -2.25. The molecule has 0 spiro atoms. The van der Waals surface area contributed by atoms with Crippen molar-refractivity contribution in [2.45, 2.75) is 46.7 Å². The van der Waals surface area contributed by atoms with Crippen LogP contribution in [0.2, 0.25) is 0 Å². The first kappa shape index (κ1) is 15.1. The summed E-state index contributed by atoms with van der Waals surface area (Å²) in [5, 5.41) is 12.6. The summed E-state index contributed by atoms with van der Waals surface area (Å²) in [6.45, 7) is 9.87. The average Bonchev–Trinajstić information content (AvgIpc) is 2.33. The Morgan fingerprint density at radius 1 is 1.17 bits per heavy atom. The average molecular weight is 253 g/mol. The molecule has 0 aliphatic carbocycles. The molecule has 0 saturated carbocycles. The second-order valence-corrected chi connectivity index (χ2v) is 5.31. The first-order chi connectivity index (χ1) is 8.36. The first-order valence-corrected chi connectivity index (χ1v) is 6.50. The molecular formula is C15H24FNO. The van der Waals surface area contributed by atoms with E-state index in [2.05, 4.69) is 19.2 Å². The van der Waals surface area contributed by atoms with E-state index in [1.807, 2.05) is 19.1 Å². The smallest absolute Gasteiger partial charge is 0.129 e. The highest BCUT2D eigenvalue weighted by Gasteiger charge is 2.16. The Labute approximate surface area is 109 Å². The van der Waals surface area contributed by atoms with Crippen LogP contribution in [0.3, 0.4) is 0 Å². The molecule has 102 valence electrons. The van der Waals surface area contributed by atoms with Gasteiger partial charge < -0.3 is 10.4 Å². The molecule has 1 aromatic rings. The molecule has 0 aromatic heterocycles. The molecule has 2 N–H and O–H groups in total. The Morgan fingerprint density at radius 2 is 1.67 bits per heavy atom. The molecule has 0 saturated heterocycles. The van der Waals surface area contributed by atoms with Gasteiger partial charge in [0.05, 0.1) is 0 Å². The summed E-state index contributed by atoms with van der Waals surface area (Å²) in [6.07, 6.45) is 0. The lowest BCUT2D eigenvalue weighted by atomic mass is 9.99. The summed E-state index contributed by atoms with van der Waals surface area (Å²) in [5.74, 6) is 0.0813. The summed E-state index contributed by atoms with van der Waals surface area (Å²) in [5.41, 5.74) is 2.45. The second kappa shape index (κ2) is 6.30. The molecule has 1 rings (SSSR count). The summed E-state index contributed by atoms with van der Waals surface area (Å²) in [4.78, 5) is 0. The van der Waals surface area contributed by atoms with Gasteiger partial charge in [-0.2, -0.15) is 0 Å². The number of hydrogen-bond donors (Lipinski definition) is 2. The van der Waals surface area contributed by atoms with Crippen LogP contribution in [0.5, 0.6) is 0 Å². The molecule has 3 atom stereocenters. The van der Waals surface area contributed by atoms with E-state index < -0.39 is 0 Å². The van der Waals surface area contributed by atoms with E-state index in [0.717, 1.165) is 5.56 Å². The number of aliphatic hydroxyl groups excluding tert-OH is 1. The normalized spacial score (nSPS) is 16.4. The topological polar surface area (TPSA) is 32.3 Å². The van der Waals surface area contributed by atoms with Gasteiger partial charge in [-0.1, -0.05) is 19.1 Å². The summed E-state index contributed by atoms with van der Waals surface area (Å²) >= 11 is 0. The van der Waals surface area contributed by atoms with Crippen LogP contribution in [-0.2, 0) is 0 Å². The van der Waals surface area contributed by atoms with Crippen LogP contribution < -0.4 is 5.32 Å². The van der Waals surface area contributed by atoms with Gasteiger partial charge in [0.1, 0.15) is 5.82 Å². The van der Waals surface area contributed by atoms with E-state index in [0.29, 0.717) is 11.1 Å². The van der Waals surface area contributed by atoms with Gasteiger partial charge in [0, 0.05) is 18.7 Å². The Hall–Kier alpha value is -0.930. The van der Waals surface area contributed by atoms with Crippen molar-refractivity contribution in [3.63, 3.8) is 0 Å². The van der Waals surface area contributed by atoms with E-state index in [9.17, 15) is 4.39 Å². The molecule has 0 heterocycles. The molecule has 1 aromatic carbocycles. The van der Waals surface area contributed by atoms with Crippen LogP contribution in [0.25, 0.3) is 0 Å². The summed E-state index contributed by atoms with van der Waals surface area (Å²) < 4.78 is 13.6. The number of halogens is 1. The van der Waals surface area contributed by atoms with E-state index in [1.54, 1.807) is 13.8 Å². The number of nitrogens with one attached hydrogen (secondary N) is 1. The minimum Gasteiger partial charge on any atom is -0.396 e. The summed E-state index contributed by atoms with van der Waals surface area (Å²) in [7, 11) is 0. The van der Waals surface area contributed by atoms with Crippen molar-refractivity contribution < 1.29 is 9.50 Å². The predicted octanol–water partition coefficient (Wildman–Crippen LogP) is 3.11. The van der Waals surface area contributed by atoms with Gasteiger partial charge in [-0.05, 0) is 50.3 Å². The molecule has 0 bridgehead atoms. The maximum atomic E-state index is 13.6. The second-order valence-electron chi connectivity index (χ2n) is 5.31. The third-order valence-corrected chi connectivity index (χ3v) is 3.61. The molecule has 3 unspecified atom stereocenters. The highest BCUT2D eigenvalue weighted by molar-refractivity contribution is 5.32. The molecule has 0 radical (unpaired) electrons. The zero-order chi connectivity index (χ0) is 13.9. The Kier molecular flexibility index (Phi) is 5.29. The lowest BCUT2D eigenvalue weighted by molar-refractivity contribution is 0.202. The van der Waals surface area contributed by atoms with Crippen molar-refractivity contribution in [1.82, 2.24) is 5.32 Å². The van der Waals surface area contributed by atoms with Crippen molar-refractivity contribution >= 4 is 0 Å². The zero-order valence-electron chi connectivity index (χ0n) is 11.9. The minimum absolute atomic E-state index is 0.122. The van der Waals surface area contributed by atoms with Crippen molar-refractivity contribution in [2.24, 2.45) is 5.92 Å². The third kappa shape index (κ3) is 3.53. The Morgan fingerprint density at radius 3 is 2.11 bits per heavy atom. The molecule has 0 aliphatic rings. The van der Waals surface area contributed by atoms with Crippen LogP contribution in [0.15, 0.2) is 12.1 Å². The van der Waals surface area contributed by atoms with Gasteiger partial charge in [0.15, 0.2) is 0 Å². The number of aliphatic hydroxyl groups is 1. The predicted molar refractivity (Wildman–Crippen MR) is 73.1 cm³/mol. The summed E-state index contributed by atoms with van der Waals surface area (Å²) in [6, 6.07) is 4.13. The highest BCUT2D eigenvalue weighted by Crippen LogP contribution is 2.21. The van der Waals surface area contributed by atoms with Gasteiger partial charge in [-0.15, -0.1) is 0 Å². The zero-order valence-corrected chi connectivity index (χ0v) is 11.9. The van der Waals surface area contributed by atoms with Gasteiger partial charge in [0.25, 0.3) is 0 Å². The van der Waals surface area contributed by atoms with Crippen molar-refractivity contribution in [1.29, 1.82) is 0 Å². The Balaban J connectivity index is 2.81. The van der Waals surface area contributed by atoms with Crippen LogP contribution in [-0.4, -0.2) is 17.8 Å². The van der Waals surface area contributed by atoms with Gasteiger partial charge in [-0.25, -0.2) is 4.39 Å². The van der Waals surface area contributed by atoms with Crippen molar-refractivity contribution in [2.75, 3.05) is 6.61 Å². The van der Waals surface area contributed by atoms with Crippen LogP contribution in [0.1, 0.15) is 43.5 Å². The maximum absolute atomic E-state index is 13.6. The first-order valence-electron chi connectivity index (χ1n) is 6.50. The lowest BCUT2D eigenvalue weighted by Crippen LogP contribution is -2.35. The minimum atomic E-state index is -0.122. The molecule has 18 heavy (non-hydrogen) atoms. The molecule has 2 nitrogen and oxygen atoms in total. The molecule has 3 heteroatoms. The fourth-order valence-electron chi connectivity index (χ4n) is 2.04. The van der Waals surface area contributed by atoms with Crippen LogP contribution in [0.4, 0.5) is 4.39 Å². The fraction of sp³-hybridized carbons (Fsp3) is 0.600. The molecule has 0 aliphatic heterocycles. The Bertz CT molecular complexity index is 382.